The van der Waals surface area contributed by atoms with Gasteiger partial charge in [0.1, 0.15) is 0 Å². The molecule has 2 N–H and O–H groups in total. The van der Waals surface area contributed by atoms with Crippen LogP contribution in [0.25, 0.3) is 0 Å². The van der Waals surface area contributed by atoms with Gasteiger partial charge >= 0.3 is 8.25 Å². The summed E-state index contributed by atoms with van der Waals surface area (Å²) in [6.07, 6.45) is 10.1. The molecule has 0 amide bonds. The fraction of sp³-hybridized carbons (Fsp3) is 0.520. The first-order valence-corrected chi connectivity index (χ1v) is 13.8. The maximum atomic E-state index is 10.5. The maximum absolute atomic E-state index is 10.5. The van der Waals surface area contributed by atoms with E-state index < -0.39 is 8.25 Å². The summed E-state index contributed by atoms with van der Waals surface area (Å²) < 4.78 is 15.2. The van der Waals surface area contributed by atoms with E-state index in [2.05, 4.69) is 64.4 Å². The normalized spacial score (nSPS) is 16.4. The molecular weight excluding hydrogens is 425 g/mol. The molecule has 0 saturated heterocycles. The van der Waals surface area contributed by atoms with Crippen LogP contribution in [0.5, 0.6) is 0 Å². The quantitative estimate of drug-likeness (QED) is 0.195. The number of hydrogen-bond acceptors (Lipinski definition) is 4. The second-order valence-corrected chi connectivity index (χ2v) is 10.4. The molecule has 1 atom stereocenters. The maximum Gasteiger partial charge on any atom is 0.316 e. The Labute approximate surface area is 192 Å². The number of benzene rings is 2. The Morgan fingerprint density at radius 2 is 1.74 bits per heavy atom. The van der Waals surface area contributed by atoms with Gasteiger partial charge in [-0.1, -0.05) is 61.7 Å². The van der Waals surface area contributed by atoms with Crippen molar-refractivity contribution in [3.8, 4) is 0 Å². The Morgan fingerprint density at radius 3 is 2.45 bits per heavy atom. The van der Waals surface area contributed by atoms with Gasteiger partial charge in [0, 0.05) is 11.4 Å². The lowest BCUT2D eigenvalue weighted by Gasteiger charge is -2.30. The first-order valence-electron chi connectivity index (χ1n) is 11.5. The molecule has 2 aromatic carbocycles. The predicted octanol–water partition coefficient (Wildman–Crippen LogP) is 6.34. The standard InChI is InChI=1S/C25H36NO3PS/c27-30(28)29-19-8-18-26-21-22-11-13-24(14-12-22)31-20-7-6-17-25(15-4-5-16-25)23-9-2-1-3-10-23/h1-3,9-14,26,30H,4-8,15-21H2,(H,27,28). The van der Waals surface area contributed by atoms with E-state index in [0.717, 1.165) is 19.5 Å². The molecule has 31 heavy (non-hydrogen) atoms. The van der Waals surface area contributed by atoms with Gasteiger partial charge in [-0.25, -0.2) is 0 Å². The van der Waals surface area contributed by atoms with Crippen LogP contribution in [-0.2, 0) is 21.0 Å². The molecule has 0 radical (unpaired) electrons. The molecule has 2 aromatic rings. The van der Waals surface area contributed by atoms with E-state index in [9.17, 15) is 4.57 Å². The van der Waals surface area contributed by atoms with Gasteiger partial charge in [0.05, 0.1) is 6.61 Å². The highest BCUT2D eigenvalue weighted by atomic mass is 32.2. The highest BCUT2D eigenvalue weighted by molar-refractivity contribution is 7.99. The summed E-state index contributed by atoms with van der Waals surface area (Å²) >= 11 is 1.96. The van der Waals surface area contributed by atoms with Gasteiger partial charge in [-0.2, -0.15) is 0 Å². The van der Waals surface area contributed by atoms with Crippen molar-refractivity contribution in [2.45, 2.75) is 68.2 Å². The van der Waals surface area contributed by atoms with Crippen LogP contribution < -0.4 is 5.32 Å². The van der Waals surface area contributed by atoms with Crippen molar-refractivity contribution in [3.63, 3.8) is 0 Å². The lowest BCUT2D eigenvalue weighted by molar-refractivity contribution is 0.276. The fourth-order valence-electron chi connectivity index (χ4n) is 4.57. The van der Waals surface area contributed by atoms with E-state index in [1.54, 1.807) is 5.56 Å². The van der Waals surface area contributed by atoms with Crippen molar-refractivity contribution in [1.82, 2.24) is 5.32 Å². The van der Waals surface area contributed by atoms with Gasteiger partial charge in [-0.15, -0.1) is 11.8 Å². The zero-order chi connectivity index (χ0) is 21.8. The van der Waals surface area contributed by atoms with Gasteiger partial charge in [0.2, 0.25) is 0 Å². The molecule has 0 heterocycles. The smallest absolute Gasteiger partial charge is 0.316 e. The van der Waals surface area contributed by atoms with Crippen LogP contribution >= 0.6 is 20.0 Å². The Morgan fingerprint density at radius 1 is 1.00 bits per heavy atom. The summed E-state index contributed by atoms with van der Waals surface area (Å²) in [6, 6.07) is 20.0. The first-order chi connectivity index (χ1) is 15.2. The summed E-state index contributed by atoms with van der Waals surface area (Å²) in [5.74, 6) is 1.18. The third kappa shape index (κ3) is 8.40. The number of nitrogens with one attached hydrogen (secondary N) is 1. The van der Waals surface area contributed by atoms with E-state index >= 15 is 0 Å². The largest absolute Gasteiger partial charge is 0.326 e. The van der Waals surface area contributed by atoms with Crippen LogP contribution in [0.3, 0.4) is 0 Å². The average molecular weight is 462 g/mol. The molecule has 1 aliphatic carbocycles. The molecule has 0 aliphatic heterocycles. The molecule has 1 fully saturated rings. The molecule has 1 unspecified atom stereocenters. The number of hydrogen-bond donors (Lipinski definition) is 2. The highest BCUT2D eigenvalue weighted by Crippen LogP contribution is 2.44. The first kappa shape index (κ1) is 24.5. The van der Waals surface area contributed by atoms with Crippen molar-refractivity contribution >= 4 is 20.0 Å². The lowest BCUT2D eigenvalue weighted by Crippen LogP contribution is -2.21. The van der Waals surface area contributed by atoms with Crippen molar-refractivity contribution in [2.75, 3.05) is 18.9 Å². The van der Waals surface area contributed by atoms with Crippen LogP contribution in [0.4, 0.5) is 0 Å². The molecule has 3 rings (SSSR count). The zero-order valence-corrected chi connectivity index (χ0v) is 20.2. The molecule has 0 aromatic heterocycles. The second kappa shape index (κ2) is 13.4. The van der Waals surface area contributed by atoms with Crippen molar-refractivity contribution in [2.24, 2.45) is 0 Å². The van der Waals surface area contributed by atoms with E-state index in [4.69, 9.17) is 4.89 Å². The molecule has 1 saturated carbocycles. The summed E-state index contributed by atoms with van der Waals surface area (Å²) in [4.78, 5) is 9.95. The second-order valence-electron chi connectivity index (χ2n) is 8.45. The fourth-order valence-corrected chi connectivity index (χ4v) is 5.81. The van der Waals surface area contributed by atoms with E-state index in [1.807, 2.05) is 11.8 Å². The Hall–Kier alpha value is -1.10. The molecule has 4 nitrogen and oxygen atoms in total. The molecule has 0 bridgehead atoms. The Bertz CT molecular complexity index is 779. The van der Waals surface area contributed by atoms with Crippen LogP contribution in [0.15, 0.2) is 59.5 Å². The van der Waals surface area contributed by atoms with Crippen molar-refractivity contribution < 1.29 is 14.0 Å². The van der Waals surface area contributed by atoms with Gasteiger partial charge in [0.15, 0.2) is 0 Å². The molecule has 6 heteroatoms. The third-order valence-electron chi connectivity index (χ3n) is 6.24. The van der Waals surface area contributed by atoms with Crippen LogP contribution in [0.2, 0.25) is 0 Å². The lowest BCUT2D eigenvalue weighted by atomic mass is 9.75. The van der Waals surface area contributed by atoms with Crippen LogP contribution in [0, 0.1) is 0 Å². The number of rotatable bonds is 14. The van der Waals surface area contributed by atoms with Crippen molar-refractivity contribution in [3.05, 3.63) is 65.7 Å². The van der Waals surface area contributed by atoms with E-state index in [1.165, 1.54) is 61.2 Å². The van der Waals surface area contributed by atoms with Crippen LogP contribution in [0.1, 0.15) is 62.5 Å². The summed E-state index contributed by atoms with van der Waals surface area (Å²) in [6.45, 7) is 1.90. The van der Waals surface area contributed by atoms with Crippen molar-refractivity contribution in [1.29, 1.82) is 0 Å². The van der Waals surface area contributed by atoms with Gasteiger partial charge in [-0.05, 0) is 73.1 Å². The van der Waals surface area contributed by atoms with Gasteiger partial charge in [-0.3, -0.25) is 4.57 Å². The topological polar surface area (TPSA) is 58.6 Å². The minimum atomic E-state index is -2.79. The van der Waals surface area contributed by atoms with Gasteiger partial charge < -0.3 is 14.7 Å². The summed E-state index contributed by atoms with van der Waals surface area (Å²) in [5.41, 5.74) is 3.25. The number of thioether (sulfide) groups is 1. The Kier molecular flexibility index (Phi) is 10.6. The number of unbranched alkanes of at least 4 members (excludes halogenated alkanes) is 1. The monoisotopic (exact) mass is 461 g/mol. The molecule has 0 spiro atoms. The SMILES string of the molecule is O=[PH](O)OCCCNCc1ccc(SCCCCC2(c3ccccc3)CCCC2)cc1. The van der Waals surface area contributed by atoms with Gasteiger partial charge in [0.25, 0.3) is 0 Å². The minimum absolute atomic E-state index is 0.323. The van der Waals surface area contributed by atoms with Crippen LogP contribution in [-0.4, -0.2) is 23.8 Å². The molecule has 1 aliphatic rings. The average Bonchev–Trinajstić information content (AvgIpc) is 3.27. The summed E-state index contributed by atoms with van der Waals surface area (Å²) in [7, 11) is -2.79. The van der Waals surface area contributed by atoms with E-state index in [-0.39, 0.29) is 0 Å². The summed E-state index contributed by atoms with van der Waals surface area (Å²) in [5, 5.41) is 3.34. The zero-order valence-electron chi connectivity index (χ0n) is 18.4. The predicted molar refractivity (Wildman–Crippen MR) is 131 cm³/mol. The molecular formula is C25H36NO3PS. The van der Waals surface area contributed by atoms with E-state index in [0.29, 0.717) is 12.0 Å². The highest BCUT2D eigenvalue weighted by Gasteiger charge is 2.34. The Balaban J connectivity index is 1.31. The molecule has 170 valence electrons. The third-order valence-corrected chi connectivity index (χ3v) is 7.79. The minimum Gasteiger partial charge on any atom is -0.326 e.